The highest BCUT2D eigenvalue weighted by Crippen LogP contribution is 1.98. The largest absolute Gasteiger partial charge is 0.501 e. The second-order valence-corrected chi connectivity index (χ2v) is 1.74. The summed E-state index contributed by atoms with van der Waals surface area (Å²) in [5, 5.41) is 16.9. The first-order valence-corrected chi connectivity index (χ1v) is 3.13. The Bertz CT molecular complexity index is 164. The van der Waals surface area contributed by atoms with Gasteiger partial charge in [0.15, 0.2) is 5.76 Å². The molecule has 2 amide bonds. The number of hydrogen-bond acceptors (Lipinski definition) is 5. The van der Waals surface area contributed by atoms with Crippen molar-refractivity contribution in [1.29, 1.82) is 0 Å². The van der Waals surface area contributed by atoms with Crippen LogP contribution in [0.4, 0.5) is 4.79 Å². The third-order valence-electron chi connectivity index (χ3n) is 0.724. The van der Waals surface area contributed by atoms with Crippen LogP contribution in [0.3, 0.4) is 0 Å². The number of hydrogen-bond donors (Lipinski definition) is 4. The van der Waals surface area contributed by atoms with Gasteiger partial charge in [-0.2, -0.15) is 0 Å². The van der Waals surface area contributed by atoms with Crippen LogP contribution in [0.5, 0.6) is 0 Å². The van der Waals surface area contributed by atoms with Crippen LogP contribution in [0.1, 0.15) is 0 Å². The van der Waals surface area contributed by atoms with Crippen molar-refractivity contribution in [3.8, 4) is 0 Å². The molecule has 7 heteroatoms. The lowest BCUT2D eigenvalue weighted by Crippen LogP contribution is -2.18. The molecule has 0 fully saturated rings. The number of aliphatic hydroxyl groups excluding tert-OH is 1. The normalized spacial score (nSPS) is 10.1. The van der Waals surface area contributed by atoms with E-state index in [2.05, 4.69) is 20.9 Å². The molecule has 0 saturated carbocycles. The van der Waals surface area contributed by atoms with Gasteiger partial charge < -0.3 is 31.2 Å². The summed E-state index contributed by atoms with van der Waals surface area (Å²) in [6, 6.07) is -0.833. The molecule has 0 bridgehead atoms. The first-order valence-electron chi connectivity index (χ1n) is 3.13. The molecule has 0 unspecified atom stereocenters. The van der Waals surface area contributed by atoms with Gasteiger partial charge in [-0.3, -0.25) is 0 Å². The van der Waals surface area contributed by atoms with E-state index >= 15 is 0 Å². The Morgan fingerprint density at radius 1 is 1.38 bits per heavy atom. The molecule has 0 spiro atoms. The number of aliphatic hydroxyl groups is 2. The zero-order chi connectivity index (χ0) is 10.9. The van der Waals surface area contributed by atoms with Crippen molar-refractivity contribution in [1.82, 2.24) is 0 Å². The molecule has 6 N–H and O–H groups in total. The minimum atomic E-state index is -1.60. The zero-order valence-electron chi connectivity index (χ0n) is 7.43. The molecular weight excluding hydrogens is 180 g/mol. The maximum Gasteiger partial charge on any atom is 0.309 e. The maximum absolute atomic E-state index is 9.00. The van der Waals surface area contributed by atoms with Gasteiger partial charge in [0, 0.05) is 0 Å². The van der Waals surface area contributed by atoms with Crippen molar-refractivity contribution < 1.29 is 24.5 Å². The standard InChI is InChI=1S/C5H10O4.CH4N2O/c1-8-3-4(9-2)5(6)7;2-1(3)4/h3,5-7H,1-2H3;(H4,2,3,4). The van der Waals surface area contributed by atoms with Crippen LogP contribution in [0, 0.1) is 0 Å². The molecule has 0 rings (SSSR count). The van der Waals surface area contributed by atoms with Gasteiger partial charge in [0.25, 0.3) is 0 Å². The van der Waals surface area contributed by atoms with E-state index in [1.54, 1.807) is 0 Å². The molecule has 0 aliphatic rings. The molecule has 0 aromatic heterocycles. The molecule has 0 aromatic carbocycles. The Balaban J connectivity index is 0. The monoisotopic (exact) mass is 194 g/mol. The Hall–Kier alpha value is -1.47. The van der Waals surface area contributed by atoms with Gasteiger partial charge in [0.05, 0.1) is 14.2 Å². The van der Waals surface area contributed by atoms with E-state index in [1.807, 2.05) is 0 Å². The highest BCUT2D eigenvalue weighted by Gasteiger charge is 2.04. The van der Waals surface area contributed by atoms with E-state index in [4.69, 9.17) is 15.0 Å². The lowest BCUT2D eigenvalue weighted by Gasteiger charge is -2.05. The Labute approximate surface area is 75.5 Å². The van der Waals surface area contributed by atoms with E-state index < -0.39 is 12.3 Å². The Kier molecular flexibility index (Phi) is 9.34. The fraction of sp³-hybridized carbons (Fsp3) is 0.500. The molecule has 0 aliphatic carbocycles. The van der Waals surface area contributed by atoms with Gasteiger partial charge in [-0.05, 0) is 0 Å². The zero-order valence-corrected chi connectivity index (χ0v) is 7.43. The van der Waals surface area contributed by atoms with Crippen LogP contribution in [-0.4, -0.2) is 36.8 Å². The number of carbonyl (C=O) groups is 1. The highest BCUT2D eigenvalue weighted by molar-refractivity contribution is 5.69. The fourth-order valence-corrected chi connectivity index (χ4v) is 0.331. The van der Waals surface area contributed by atoms with Crippen molar-refractivity contribution in [3.05, 3.63) is 12.0 Å². The molecule has 78 valence electrons. The topological polar surface area (TPSA) is 128 Å². The molecule has 0 saturated heterocycles. The van der Waals surface area contributed by atoms with E-state index in [1.165, 1.54) is 14.2 Å². The number of nitrogens with two attached hydrogens (primary N) is 2. The number of urea groups is 1. The Morgan fingerprint density at radius 2 is 1.77 bits per heavy atom. The summed E-state index contributed by atoms with van der Waals surface area (Å²) in [4.78, 5) is 9.00. The second-order valence-electron chi connectivity index (χ2n) is 1.74. The molecule has 0 atom stereocenters. The summed E-state index contributed by atoms with van der Waals surface area (Å²) >= 11 is 0. The average molecular weight is 194 g/mol. The number of ether oxygens (including phenoxy) is 2. The minimum absolute atomic E-state index is 0.0162. The van der Waals surface area contributed by atoms with Crippen LogP contribution in [-0.2, 0) is 9.47 Å². The average Bonchev–Trinajstić information content (AvgIpc) is 1.98. The molecule has 13 heavy (non-hydrogen) atoms. The van der Waals surface area contributed by atoms with E-state index in [0.717, 1.165) is 6.26 Å². The highest BCUT2D eigenvalue weighted by atomic mass is 16.6. The molecule has 0 aliphatic heterocycles. The van der Waals surface area contributed by atoms with Gasteiger partial charge in [0.1, 0.15) is 6.26 Å². The Morgan fingerprint density at radius 3 is 1.85 bits per heavy atom. The first-order chi connectivity index (χ1) is 5.95. The van der Waals surface area contributed by atoms with E-state index in [0.29, 0.717) is 0 Å². The van der Waals surface area contributed by atoms with Gasteiger partial charge >= 0.3 is 6.03 Å². The van der Waals surface area contributed by atoms with Gasteiger partial charge in [0.2, 0.25) is 6.29 Å². The van der Waals surface area contributed by atoms with Gasteiger partial charge in [-0.15, -0.1) is 0 Å². The molecule has 0 radical (unpaired) electrons. The predicted octanol–water partition coefficient (Wildman–Crippen LogP) is -1.54. The molecular formula is C6H14N2O5. The summed E-state index contributed by atoms with van der Waals surface area (Å²) in [7, 11) is 2.71. The first kappa shape index (κ1) is 14.1. The van der Waals surface area contributed by atoms with E-state index in [-0.39, 0.29) is 5.76 Å². The third kappa shape index (κ3) is 13.5. The van der Waals surface area contributed by atoms with Gasteiger partial charge in [-0.1, -0.05) is 0 Å². The summed E-state index contributed by atoms with van der Waals surface area (Å²) in [6.07, 6.45) is -0.486. The lowest BCUT2D eigenvalue weighted by atomic mass is 10.5. The molecule has 0 heterocycles. The number of rotatable bonds is 3. The number of amides is 2. The lowest BCUT2D eigenvalue weighted by molar-refractivity contribution is -0.0476. The van der Waals surface area contributed by atoms with Crippen molar-refractivity contribution in [2.24, 2.45) is 11.5 Å². The fourth-order valence-electron chi connectivity index (χ4n) is 0.331. The third-order valence-corrected chi connectivity index (χ3v) is 0.724. The predicted molar refractivity (Wildman–Crippen MR) is 44.1 cm³/mol. The molecule has 0 aromatic rings. The SMILES string of the molecule is COC=C(OC)C(O)O.NC(N)=O. The smallest absolute Gasteiger partial charge is 0.309 e. The maximum atomic E-state index is 9.00. The number of methoxy groups -OCH3 is 2. The van der Waals surface area contributed by atoms with Crippen LogP contribution < -0.4 is 11.5 Å². The van der Waals surface area contributed by atoms with E-state index in [9.17, 15) is 0 Å². The van der Waals surface area contributed by atoms with Crippen molar-refractivity contribution in [2.75, 3.05) is 14.2 Å². The van der Waals surface area contributed by atoms with Gasteiger partial charge in [-0.25, -0.2) is 4.79 Å². The van der Waals surface area contributed by atoms with Crippen LogP contribution in [0.2, 0.25) is 0 Å². The molecule has 7 nitrogen and oxygen atoms in total. The summed E-state index contributed by atoms with van der Waals surface area (Å²) in [5.74, 6) is -0.0162. The quantitative estimate of drug-likeness (QED) is 0.319. The second kappa shape index (κ2) is 8.62. The summed E-state index contributed by atoms with van der Waals surface area (Å²) < 4.78 is 8.94. The summed E-state index contributed by atoms with van der Waals surface area (Å²) in [6.45, 7) is 0. The minimum Gasteiger partial charge on any atom is -0.501 e. The van der Waals surface area contributed by atoms with Crippen LogP contribution in [0.25, 0.3) is 0 Å². The van der Waals surface area contributed by atoms with Crippen molar-refractivity contribution >= 4 is 6.03 Å². The van der Waals surface area contributed by atoms with Crippen molar-refractivity contribution in [2.45, 2.75) is 6.29 Å². The van der Waals surface area contributed by atoms with Crippen molar-refractivity contribution in [3.63, 3.8) is 0 Å². The van der Waals surface area contributed by atoms with Crippen LogP contribution >= 0.6 is 0 Å². The number of primary amides is 2. The summed E-state index contributed by atoms with van der Waals surface area (Å²) in [5.41, 5.74) is 8.50. The number of carbonyl (C=O) groups excluding carboxylic acids is 1. The van der Waals surface area contributed by atoms with Crippen LogP contribution in [0.15, 0.2) is 12.0 Å².